The molecule has 11 heteroatoms. The molecule has 0 saturated heterocycles. The highest BCUT2D eigenvalue weighted by Gasteiger charge is 2.25. The summed E-state index contributed by atoms with van der Waals surface area (Å²) in [4.78, 5) is -0.295. The molecule has 3 aromatic rings. The van der Waals surface area contributed by atoms with Gasteiger partial charge in [0.25, 0.3) is 10.0 Å². The summed E-state index contributed by atoms with van der Waals surface area (Å²) < 4.78 is 53.2. The quantitative estimate of drug-likeness (QED) is 0.532. The van der Waals surface area contributed by atoms with Crippen molar-refractivity contribution < 1.29 is 16.8 Å². The monoisotopic (exact) mass is 481 g/mol. The zero-order chi connectivity index (χ0) is 19.8. The molecule has 5 nitrogen and oxygen atoms in total. The van der Waals surface area contributed by atoms with Crippen molar-refractivity contribution in [1.29, 1.82) is 0 Å². The number of hydrogen-bond donors (Lipinski definition) is 1. The highest BCUT2D eigenvalue weighted by atomic mass is 35.5. The second-order valence-corrected chi connectivity index (χ2v) is 10.9. The Morgan fingerprint density at radius 3 is 2.04 bits per heavy atom. The number of benzene rings is 2. The van der Waals surface area contributed by atoms with Gasteiger partial charge in [-0.1, -0.05) is 34.8 Å². The fourth-order valence-corrected chi connectivity index (χ4v) is 6.42. The largest absolute Gasteiger partial charge is 0.277 e. The molecule has 27 heavy (non-hydrogen) atoms. The van der Waals surface area contributed by atoms with E-state index in [0.717, 1.165) is 11.3 Å². The third kappa shape index (κ3) is 4.26. The normalized spacial score (nSPS) is 12.1. The van der Waals surface area contributed by atoms with E-state index in [0.29, 0.717) is 5.02 Å². The van der Waals surface area contributed by atoms with Crippen molar-refractivity contribution in [2.45, 2.75) is 14.7 Å². The van der Waals surface area contributed by atoms with Crippen LogP contribution >= 0.6 is 46.1 Å². The number of sulfonamides is 1. The van der Waals surface area contributed by atoms with E-state index in [1.807, 2.05) is 0 Å². The third-order valence-electron chi connectivity index (χ3n) is 3.49. The van der Waals surface area contributed by atoms with E-state index >= 15 is 0 Å². The molecule has 2 aromatic carbocycles. The minimum Gasteiger partial charge on any atom is -0.277 e. The summed E-state index contributed by atoms with van der Waals surface area (Å²) in [6.07, 6.45) is 0. The molecule has 0 spiro atoms. The average molecular weight is 483 g/mol. The Bertz CT molecular complexity index is 1200. The highest BCUT2D eigenvalue weighted by molar-refractivity contribution is 7.93. The van der Waals surface area contributed by atoms with E-state index in [1.165, 1.54) is 53.2 Å². The first-order valence-electron chi connectivity index (χ1n) is 7.16. The molecule has 0 saturated carbocycles. The predicted molar refractivity (Wildman–Crippen MR) is 108 cm³/mol. The molecule has 0 atom stereocenters. The molecule has 0 amide bonds. The number of sulfone groups is 1. The number of halogens is 3. The maximum Gasteiger partial charge on any atom is 0.262 e. The topological polar surface area (TPSA) is 80.3 Å². The molecule has 3 rings (SSSR count). The molecule has 0 aliphatic carbocycles. The summed E-state index contributed by atoms with van der Waals surface area (Å²) in [5.41, 5.74) is -0.0546. The van der Waals surface area contributed by atoms with Crippen LogP contribution in [0.2, 0.25) is 15.1 Å². The lowest BCUT2D eigenvalue weighted by molar-refractivity contribution is 0.597. The van der Waals surface area contributed by atoms with Crippen molar-refractivity contribution in [3.05, 3.63) is 68.3 Å². The van der Waals surface area contributed by atoms with Gasteiger partial charge in [0.05, 0.1) is 25.5 Å². The average Bonchev–Trinajstić information content (AvgIpc) is 3.06. The van der Waals surface area contributed by atoms with Crippen LogP contribution in [0.4, 0.5) is 5.69 Å². The van der Waals surface area contributed by atoms with Crippen LogP contribution in [0.5, 0.6) is 0 Å². The van der Waals surface area contributed by atoms with E-state index in [1.54, 1.807) is 0 Å². The Hall–Kier alpha value is -1.29. The lowest BCUT2D eigenvalue weighted by Gasteiger charge is -2.10. The SMILES string of the molecule is O=S(=O)(Nc1cscc1S(=O)(=O)c1ccc(Cl)cc1)c1ccc(Cl)c(Cl)c1. The second-order valence-electron chi connectivity index (χ2n) is 5.29. The van der Waals surface area contributed by atoms with E-state index in [9.17, 15) is 16.8 Å². The summed E-state index contributed by atoms with van der Waals surface area (Å²) in [5, 5.41) is 3.42. The predicted octanol–water partition coefficient (Wildman–Crippen LogP) is 5.34. The van der Waals surface area contributed by atoms with Gasteiger partial charge in [-0.05, 0) is 42.5 Å². The summed E-state index contributed by atoms with van der Waals surface area (Å²) in [6.45, 7) is 0. The standard InChI is InChI=1S/C16H10Cl3NO4S3/c17-10-1-3-11(4-2-10)26(21,22)16-9-25-8-15(16)20-27(23,24)12-5-6-13(18)14(19)7-12/h1-9,20H. The minimum absolute atomic E-state index is 0.000264. The molecule has 0 fully saturated rings. The van der Waals surface area contributed by atoms with Crippen LogP contribution in [0.15, 0.2) is 67.9 Å². The Labute approximate surface area is 175 Å². The Morgan fingerprint density at radius 2 is 1.41 bits per heavy atom. The molecule has 0 aliphatic rings. The number of rotatable bonds is 5. The molecule has 0 bridgehead atoms. The van der Waals surface area contributed by atoms with Gasteiger partial charge in [-0.15, -0.1) is 11.3 Å². The molecule has 1 aromatic heterocycles. The first-order chi connectivity index (χ1) is 12.6. The fraction of sp³-hybridized carbons (Fsp3) is 0. The van der Waals surface area contributed by atoms with Crippen molar-refractivity contribution in [2.75, 3.05) is 4.72 Å². The van der Waals surface area contributed by atoms with Gasteiger partial charge >= 0.3 is 0 Å². The first kappa shape index (κ1) is 20.4. The van der Waals surface area contributed by atoms with Crippen LogP contribution < -0.4 is 4.72 Å². The van der Waals surface area contributed by atoms with Gasteiger partial charge in [-0.25, -0.2) is 16.8 Å². The smallest absolute Gasteiger partial charge is 0.262 e. The van der Waals surface area contributed by atoms with E-state index in [2.05, 4.69) is 4.72 Å². The summed E-state index contributed by atoms with van der Waals surface area (Å²) in [6, 6.07) is 9.40. The molecule has 0 aliphatic heterocycles. The van der Waals surface area contributed by atoms with Crippen LogP contribution in [0.25, 0.3) is 0 Å². The van der Waals surface area contributed by atoms with E-state index in [-0.39, 0.29) is 30.4 Å². The van der Waals surface area contributed by atoms with Gasteiger partial charge in [0, 0.05) is 15.8 Å². The first-order valence-corrected chi connectivity index (χ1v) is 12.2. The van der Waals surface area contributed by atoms with Crippen molar-refractivity contribution >= 4 is 71.7 Å². The van der Waals surface area contributed by atoms with Crippen LogP contribution in [-0.4, -0.2) is 16.8 Å². The van der Waals surface area contributed by atoms with E-state index in [4.69, 9.17) is 34.8 Å². The lowest BCUT2D eigenvalue weighted by Crippen LogP contribution is -2.14. The Balaban J connectivity index is 2.00. The van der Waals surface area contributed by atoms with Gasteiger partial charge in [0.1, 0.15) is 4.90 Å². The summed E-state index contributed by atoms with van der Waals surface area (Å²) >= 11 is 18.5. The van der Waals surface area contributed by atoms with Crippen LogP contribution in [0, 0.1) is 0 Å². The molecule has 1 heterocycles. The van der Waals surface area contributed by atoms with Crippen molar-refractivity contribution in [3.8, 4) is 0 Å². The minimum atomic E-state index is -4.07. The molecule has 0 unspecified atom stereocenters. The Morgan fingerprint density at radius 1 is 0.778 bits per heavy atom. The molecule has 142 valence electrons. The zero-order valence-electron chi connectivity index (χ0n) is 13.2. The fourth-order valence-electron chi connectivity index (χ4n) is 2.16. The van der Waals surface area contributed by atoms with Crippen molar-refractivity contribution in [3.63, 3.8) is 0 Å². The highest BCUT2D eigenvalue weighted by Crippen LogP contribution is 2.33. The number of anilines is 1. The maximum atomic E-state index is 12.8. The lowest BCUT2D eigenvalue weighted by atomic mass is 10.4. The number of thiophene rings is 1. The van der Waals surface area contributed by atoms with Gasteiger partial charge in [-0.3, -0.25) is 4.72 Å². The van der Waals surface area contributed by atoms with Crippen molar-refractivity contribution in [2.24, 2.45) is 0 Å². The van der Waals surface area contributed by atoms with Gasteiger partial charge < -0.3 is 0 Å². The van der Waals surface area contributed by atoms with Crippen LogP contribution in [0.3, 0.4) is 0 Å². The van der Waals surface area contributed by atoms with Crippen molar-refractivity contribution in [1.82, 2.24) is 0 Å². The Kier molecular flexibility index (Phi) is 5.77. The molecular weight excluding hydrogens is 473 g/mol. The van der Waals surface area contributed by atoms with E-state index < -0.39 is 19.9 Å². The molecule has 0 radical (unpaired) electrons. The maximum absolute atomic E-state index is 12.8. The molecular formula is C16H10Cl3NO4S3. The number of nitrogens with one attached hydrogen (secondary N) is 1. The van der Waals surface area contributed by atoms with Gasteiger partial charge in [0.2, 0.25) is 9.84 Å². The van der Waals surface area contributed by atoms with Gasteiger partial charge in [0.15, 0.2) is 0 Å². The second kappa shape index (κ2) is 7.62. The molecule has 1 N–H and O–H groups in total. The summed E-state index contributed by atoms with van der Waals surface area (Å²) in [7, 11) is -8.00. The van der Waals surface area contributed by atoms with Crippen LogP contribution in [-0.2, 0) is 19.9 Å². The number of hydrogen-bond acceptors (Lipinski definition) is 5. The van der Waals surface area contributed by atoms with Crippen LogP contribution in [0.1, 0.15) is 0 Å². The third-order valence-corrected chi connectivity index (χ3v) is 8.54. The zero-order valence-corrected chi connectivity index (χ0v) is 17.9. The summed E-state index contributed by atoms with van der Waals surface area (Å²) in [5.74, 6) is 0. The van der Waals surface area contributed by atoms with Gasteiger partial charge in [-0.2, -0.15) is 0 Å².